The number of rotatable bonds is 7. The van der Waals surface area contributed by atoms with Gasteiger partial charge >= 0.3 is 0 Å². The van der Waals surface area contributed by atoms with Gasteiger partial charge in [-0.1, -0.05) is 38.8 Å². The highest BCUT2D eigenvalue weighted by Gasteiger charge is 2.10. The molecule has 0 aliphatic heterocycles. The third-order valence-corrected chi connectivity index (χ3v) is 3.80. The van der Waals surface area contributed by atoms with Gasteiger partial charge in [0.15, 0.2) is 0 Å². The molecule has 1 rings (SSSR count). The first-order valence-corrected chi connectivity index (χ1v) is 7.22. The van der Waals surface area contributed by atoms with Crippen LogP contribution in [0.25, 0.3) is 0 Å². The molecule has 2 N–H and O–H groups in total. The summed E-state index contributed by atoms with van der Waals surface area (Å²) in [4.78, 5) is 2.46. The lowest BCUT2D eigenvalue weighted by Gasteiger charge is -2.27. The molecule has 102 valence electrons. The number of nitrogens with zero attached hydrogens (tertiary/aromatic N) is 1. The summed E-state index contributed by atoms with van der Waals surface area (Å²) in [5, 5.41) is 0. The lowest BCUT2D eigenvalue weighted by Crippen LogP contribution is -2.28. The predicted molar refractivity (Wildman–Crippen MR) is 81.0 cm³/mol. The molecule has 0 bridgehead atoms. The van der Waals surface area contributed by atoms with Crippen molar-refractivity contribution in [2.45, 2.75) is 46.6 Å². The minimum atomic E-state index is 0.119. The Hall–Kier alpha value is -1.02. The van der Waals surface area contributed by atoms with Crippen LogP contribution in [0.4, 0.5) is 5.69 Å². The van der Waals surface area contributed by atoms with Crippen molar-refractivity contribution in [3.05, 3.63) is 29.8 Å². The van der Waals surface area contributed by atoms with Crippen LogP contribution < -0.4 is 10.6 Å². The van der Waals surface area contributed by atoms with Crippen LogP contribution in [0.2, 0.25) is 0 Å². The van der Waals surface area contributed by atoms with Gasteiger partial charge in [0.05, 0.1) is 0 Å². The Bertz CT molecular complexity index is 325. The van der Waals surface area contributed by atoms with Crippen molar-refractivity contribution in [3.8, 4) is 0 Å². The molecule has 0 saturated heterocycles. The highest BCUT2D eigenvalue weighted by atomic mass is 15.1. The molecule has 0 heterocycles. The Morgan fingerprint density at radius 1 is 1.06 bits per heavy atom. The fourth-order valence-corrected chi connectivity index (χ4v) is 2.26. The van der Waals surface area contributed by atoms with E-state index in [1.54, 1.807) is 0 Å². The minimum Gasteiger partial charge on any atom is -0.372 e. The van der Waals surface area contributed by atoms with E-state index in [4.69, 9.17) is 5.73 Å². The van der Waals surface area contributed by atoms with Crippen LogP contribution in [0.1, 0.15) is 52.1 Å². The maximum Gasteiger partial charge on any atom is 0.0366 e. The number of benzene rings is 1. The molecule has 0 aliphatic rings. The van der Waals surface area contributed by atoms with E-state index in [9.17, 15) is 0 Å². The van der Waals surface area contributed by atoms with Crippen molar-refractivity contribution in [2.75, 3.05) is 18.0 Å². The van der Waals surface area contributed by atoms with Crippen LogP contribution in [-0.4, -0.2) is 13.1 Å². The second-order valence-corrected chi connectivity index (χ2v) is 5.10. The first-order valence-electron chi connectivity index (χ1n) is 7.22. The maximum atomic E-state index is 5.88. The molecule has 18 heavy (non-hydrogen) atoms. The van der Waals surface area contributed by atoms with Crippen LogP contribution in [0.5, 0.6) is 0 Å². The SMILES string of the molecule is CCC(CC)CN(CC)c1ccc([C@@H](C)N)cc1. The van der Waals surface area contributed by atoms with Crippen molar-refractivity contribution < 1.29 is 0 Å². The van der Waals surface area contributed by atoms with E-state index in [0.717, 1.165) is 19.0 Å². The molecular formula is C16H28N2. The molecule has 0 aliphatic carbocycles. The van der Waals surface area contributed by atoms with E-state index < -0.39 is 0 Å². The van der Waals surface area contributed by atoms with Gasteiger partial charge in [-0.25, -0.2) is 0 Å². The lowest BCUT2D eigenvalue weighted by molar-refractivity contribution is 0.486. The van der Waals surface area contributed by atoms with Gasteiger partial charge in [0, 0.05) is 24.8 Å². The van der Waals surface area contributed by atoms with Crippen LogP contribution in [0.3, 0.4) is 0 Å². The van der Waals surface area contributed by atoms with Gasteiger partial charge in [-0.2, -0.15) is 0 Å². The van der Waals surface area contributed by atoms with Gasteiger partial charge in [0.25, 0.3) is 0 Å². The first kappa shape index (κ1) is 15.0. The van der Waals surface area contributed by atoms with Crippen LogP contribution in [0.15, 0.2) is 24.3 Å². The number of anilines is 1. The molecular weight excluding hydrogens is 220 g/mol. The Morgan fingerprint density at radius 2 is 1.61 bits per heavy atom. The molecule has 2 nitrogen and oxygen atoms in total. The van der Waals surface area contributed by atoms with Gasteiger partial charge in [-0.05, 0) is 37.5 Å². The Morgan fingerprint density at radius 3 is 2.00 bits per heavy atom. The van der Waals surface area contributed by atoms with Gasteiger partial charge in [-0.15, -0.1) is 0 Å². The monoisotopic (exact) mass is 248 g/mol. The average molecular weight is 248 g/mol. The topological polar surface area (TPSA) is 29.3 Å². The van der Waals surface area contributed by atoms with E-state index in [0.29, 0.717) is 0 Å². The molecule has 0 radical (unpaired) electrons. The molecule has 0 spiro atoms. The second kappa shape index (κ2) is 7.42. The summed E-state index contributed by atoms with van der Waals surface area (Å²) in [7, 11) is 0. The van der Waals surface area contributed by atoms with Crippen LogP contribution in [0, 0.1) is 5.92 Å². The van der Waals surface area contributed by atoms with E-state index in [-0.39, 0.29) is 6.04 Å². The Labute approximate surface area is 112 Å². The van der Waals surface area contributed by atoms with Crippen molar-refractivity contribution in [3.63, 3.8) is 0 Å². The zero-order chi connectivity index (χ0) is 13.5. The van der Waals surface area contributed by atoms with Gasteiger partial charge in [0.2, 0.25) is 0 Å². The Balaban J connectivity index is 2.75. The molecule has 0 amide bonds. The summed E-state index contributed by atoms with van der Waals surface area (Å²) in [5.41, 5.74) is 8.40. The molecule has 1 aromatic carbocycles. The van der Waals surface area contributed by atoms with E-state index in [1.165, 1.54) is 24.1 Å². The van der Waals surface area contributed by atoms with Crippen molar-refractivity contribution >= 4 is 5.69 Å². The molecule has 2 heteroatoms. The molecule has 1 aromatic rings. The minimum absolute atomic E-state index is 0.119. The highest BCUT2D eigenvalue weighted by Crippen LogP contribution is 2.20. The van der Waals surface area contributed by atoms with Crippen molar-refractivity contribution in [1.82, 2.24) is 0 Å². The summed E-state index contributed by atoms with van der Waals surface area (Å²) in [6, 6.07) is 8.81. The molecule has 0 aromatic heterocycles. The van der Waals surface area contributed by atoms with E-state index in [1.807, 2.05) is 6.92 Å². The summed E-state index contributed by atoms with van der Waals surface area (Å²) in [6.07, 6.45) is 2.51. The third-order valence-electron chi connectivity index (χ3n) is 3.80. The highest BCUT2D eigenvalue weighted by molar-refractivity contribution is 5.48. The molecule has 0 fully saturated rings. The smallest absolute Gasteiger partial charge is 0.0366 e. The predicted octanol–water partition coefficient (Wildman–Crippen LogP) is 3.97. The number of hydrogen-bond acceptors (Lipinski definition) is 2. The molecule has 1 atom stereocenters. The second-order valence-electron chi connectivity index (χ2n) is 5.10. The fourth-order valence-electron chi connectivity index (χ4n) is 2.26. The molecule has 0 unspecified atom stereocenters. The first-order chi connectivity index (χ1) is 8.62. The maximum absolute atomic E-state index is 5.88. The van der Waals surface area contributed by atoms with Crippen molar-refractivity contribution in [1.29, 1.82) is 0 Å². The van der Waals surface area contributed by atoms with E-state index >= 15 is 0 Å². The van der Waals surface area contributed by atoms with Crippen LogP contribution in [-0.2, 0) is 0 Å². The number of hydrogen-bond donors (Lipinski definition) is 1. The normalized spacial score (nSPS) is 12.8. The quantitative estimate of drug-likeness (QED) is 0.791. The number of nitrogens with two attached hydrogens (primary N) is 1. The van der Waals surface area contributed by atoms with Crippen LogP contribution >= 0.6 is 0 Å². The standard InChI is InChI=1S/C16H28N2/c1-5-14(6-2)12-18(7-3)16-10-8-15(9-11-16)13(4)17/h8-11,13-14H,5-7,12,17H2,1-4H3/t13-/m1/s1. The zero-order valence-corrected chi connectivity index (χ0v) is 12.3. The van der Waals surface area contributed by atoms with E-state index in [2.05, 4.69) is 49.9 Å². The zero-order valence-electron chi connectivity index (χ0n) is 12.3. The summed E-state index contributed by atoms with van der Waals surface area (Å²) >= 11 is 0. The van der Waals surface area contributed by atoms with Crippen molar-refractivity contribution in [2.24, 2.45) is 11.7 Å². The summed E-state index contributed by atoms with van der Waals surface area (Å²) in [5.74, 6) is 0.790. The van der Waals surface area contributed by atoms with Gasteiger partial charge in [-0.3, -0.25) is 0 Å². The Kier molecular flexibility index (Phi) is 6.20. The fraction of sp³-hybridized carbons (Fsp3) is 0.625. The van der Waals surface area contributed by atoms with Gasteiger partial charge in [0.1, 0.15) is 0 Å². The third kappa shape index (κ3) is 4.02. The largest absolute Gasteiger partial charge is 0.372 e. The average Bonchev–Trinajstić information content (AvgIpc) is 2.40. The van der Waals surface area contributed by atoms with Gasteiger partial charge < -0.3 is 10.6 Å². The lowest BCUT2D eigenvalue weighted by atomic mass is 10.0. The molecule has 0 saturated carbocycles. The summed E-state index contributed by atoms with van der Waals surface area (Å²) < 4.78 is 0. The summed E-state index contributed by atoms with van der Waals surface area (Å²) in [6.45, 7) is 11.0.